The molecule has 2 N–H and O–H groups in total. The van der Waals surface area contributed by atoms with Crippen LogP contribution >= 0.6 is 11.6 Å². The molecule has 1 spiro atoms. The predicted molar refractivity (Wildman–Crippen MR) is 91.2 cm³/mol. The van der Waals surface area contributed by atoms with E-state index in [9.17, 15) is 9.59 Å². The Bertz CT molecular complexity index is 854. The molecule has 6 nitrogen and oxygen atoms in total. The Hall–Kier alpha value is -1.89. The number of hydrogen-bond donors (Lipinski definition) is 2. The Morgan fingerprint density at radius 3 is 2.96 bits per heavy atom. The van der Waals surface area contributed by atoms with Crippen molar-refractivity contribution in [3.05, 3.63) is 45.2 Å². The van der Waals surface area contributed by atoms with Crippen LogP contribution in [0.2, 0.25) is 5.02 Å². The van der Waals surface area contributed by atoms with Crippen LogP contribution in [0, 0.1) is 0 Å². The SMILES string of the molecule is O=C1COC2(CCN(Cc3cc4ccc(Cl)cc4[nH]c3=O)C2)CN1. The van der Waals surface area contributed by atoms with Crippen molar-refractivity contribution in [2.24, 2.45) is 0 Å². The molecule has 0 bridgehead atoms. The number of H-pyrrole nitrogens is 1. The highest BCUT2D eigenvalue weighted by Gasteiger charge is 2.42. The second-order valence-electron chi connectivity index (χ2n) is 6.56. The lowest BCUT2D eigenvalue weighted by atomic mass is 10.0. The van der Waals surface area contributed by atoms with Crippen LogP contribution in [0.15, 0.2) is 29.1 Å². The van der Waals surface area contributed by atoms with Crippen molar-refractivity contribution in [3.63, 3.8) is 0 Å². The molecule has 2 aromatic rings. The molecule has 0 radical (unpaired) electrons. The highest BCUT2D eigenvalue weighted by Crippen LogP contribution is 2.28. The molecule has 24 heavy (non-hydrogen) atoms. The largest absolute Gasteiger partial charge is 0.362 e. The zero-order valence-electron chi connectivity index (χ0n) is 13.1. The summed E-state index contributed by atoms with van der Waals surface area (Å²) in [5, 5.41) is 4.43. The number of fused-ring (bicyclic) bond motifs is 1. The van der Waals surface area contributed by atoms with Crippen molar-refractivity contribution in [2.75, 3.05) is 26.2 Å². The maximum atomic E-state index is 12.3. The second kappa shape index (κ2) is 5.88. The Labute approximate surface area is 143 Å². The number of ether oxygens (including phenoxy) is 1. The van der Waals surface area contributed by atoms with E-state index in [0.717, 1.165) is 29.4 Å². The van der Waals surface area contributed by atoms with E-state index in [4.69, 9.17) is 16.3 Å². The lowest BCUT2D eigenvalue weighted by molar-refractivity contribution is -0.142. The molecule has 0 aliphatic carbocycles. The van der Waals surface area contributed by atoms with Gasteiger partial charge in [0.2, 0.25) is 5.91 Å². The van der Waals surface area contributed by atoms with Crippen LogP contribution in [0.1, 0.15) is 12.0 Å². The number of carbonyl (C=O) groups excluding carboxylic acids is 1. The van der Waals surface area contributed by atoms with E-state index < -0.39 is 0 Å². The van der Waals surface area contributed by atoms with E-state index >= 15 is 0 Å². The fourth-order valence-corrected chi connectivity index (χ4v) is 3.65. The van der Waals surface area contributed by atoms with Gasteiger partial charge in [0.05, 0.1) is 5.60 Å². The number of aromatic amines is 1. The van der Waals surface area contributed by atoms with Crippen LogP contribution < -0.4 is 10.9 Å². The molecule has 1 amide bonds. The maximum Gasteiger partial charge on any atom is 0.252 e. The van der Waals surface area contributed by atoms with Crippen molar-refractivity contribution in [2.45, 2.75) is 18.6 Å². The quantitative estimate of drug-likeness (QED) is 0.858. The number of amides is 1. The average molecular weight is 348 g/mol. The minimum Gasteiger partial charge on any atom is -0.362 e. The van der Waals surface area contributed by atoms with Crippen molar-refractivity contribution in [1.29, 1.82) is 0 Å². The molecule has 126 valence electrons. The number of nitrogens with one attached hydrogen (secondary N) is 2. The highest BCUT2D eigenvalue weighted by molar-refractivity contribution is 6.31. The number of hydrogen-bond acceptors (Lipinski definition) is 4. The molecule has 3 heterocycles. The predicted octanol–water partition coefficient (Wildman–Crippen LogP) is 1.27. The lowest BCUT2D eigenvalue weighted by Gasteiger charge is -2.33. The monoisotopic (exact) mass is 347 g/mol. The molecular weight excluding hydrogens is 330 g/mol. The first kappa shape index (κ1) is 15.6. The first-order valence-corrected chi connectivity index (χ1v) is 8.35. The molecule has 7 heteroatoms. The summed E-state index contributed by atoms with van der Waals surface area (Å²) < 4.78 is 5.77. The number of morpholine rings is 1. The van der Waals surface area contributed by atoms with Gasteiger partial charge in [-0.05, 0) is 30.0 Å². The number of carbonyl (C=O) groups is 1. The molecule has 1 unspecified atom stereocenters. The lowest BCUT2D eigenvalue weighted by Crippen LogP contribution is -2.53. The normalized spacial score (nSPS) is 24.6. The van der Waals surface area contributed by atoms with Crippen molar-refractivity contribution < 1.29 is 9.53 Å². The van der Waals surface area contributed by atoms with Crippen molar-refractivity contribution >= 4 is 28.4 Å². The number of benzene rings is 1. The van der Waals surface area contributed by atoms with E-state index in [1.807, 2.05) is 18.2 Å². The Kier molecular flexibility index (Phi) is 3.83. The number of nitrogens with zero attached hydrogens (tertiary/aromatic N) is 1. The Morgan fingerprint density at radius 2 is 2.17 bits per heavy atom. The summed E-state index contributed by atoms with van der Waals surface area (Å²) in [6.07, 6.45) is 0.856. The Morgan fingerprint density at radius 1 is 1.29 bits per heavy atom. The molecule has 1 atom stereocenters. The summed E-state index contributed by atoms with van der Waals surface area (Å²) in [7, 11) is 0. The van der Waals surface area contributed by atoms with Gasteiger partial charge in [-0.3, -0.25) is 14.5 Å². The van der Waals surface area contributed by atoms with Gasteiger partial charge in [0.25, 0.3) is 5.56 Å². The van der Waals surface area contributed by atoms with Gasteiger partial charge in [-0.25, -0.2) is 0 Å². The van der Waals surface area contributed by atoms with Crippen LogP contribution in [0.5, 0.6) is 0 Å². The third-order valence-corrected chi connectivity index (χ3v) is 5.03. The van der Waals surface area contributed by atoms with Gasteiger partial charge in [0.1, 0.15) is 6.61 Å². The molecule has 1 aromatic carbocycles. The zero-order valence-corrected chi connectivity index (χ0v) is 13.9. The molecular formula is C17H18ClN3O3. The topological polar surface area (TPSA) is 74.4 Å². The van der Waals surface area contributed by atoms with Gasteiger partial charge < -0.3 is 15.0 Å². The fraction of sp³-hybridized carbons (Fsp3) is 0.412. The van der Waals surface area contributed by atoms with Gasteiger partial charge in [-0.15, -0.1) is 0 Å². The molecule has 2 fully saturated rings. The number of aromatic nitrogens is 1. The van der Waals surface area contributed by atoms with Gasteiger partial charge >= 0.3 is 0 Å². The van der Waals surface area contributed by atoms with Crippen LogP contribution in [-0.2, 0) is 16.1 Å². The average Bonchev–Trinajstić information content (AvgIpc) is 2.94. The van der Waals surface area contributed by atoms with Crippen molar-refractivity contribution in [3.8, 4) is 0 Å². The Balaban J connectivity index is 1.53. The van der Waals surface area contributed by atoms with Gasteiger partial charge in [0, 0.05) is 42.3 Å². The van der Waals surface area contributed by atoms with Crippen LogP contribution in [0.4, 0.5) is 0 Å². The van der Waals surface area contributed by atoms with Gasteiger partial charge in [0.15, 0.2) is 0 Å². The molecule has 1 aromatic heterocycles. The second-order valence-corrected chi connectivity index (χ2v) is 7.00. The third-order valence-electron chi connectivity index (χ3n) is 4.79. The van der Waals surface area contributed by atoms with Crippen LogP contribution in [-0.4, -0.2) is 47.6 Å². The minimum atomic E-state index is -0.314. The van der Waals surface area contributed by atoms with E-state index in [0.29, 0.717) is 24.7 Å². The number of pyridine rings is 1. The summed E-state index contributed by atoms with van der Waals surface area (Å²) in [6, 6.07) is 7.39. The minimum absolute atomic E-state index is 0.0660. The van der Waals surface area contributed by atoms with E-state index in [1.165, 1.54) is 0 Å². The van der Waals surface area contributed by atoms with Gasteiger partial charge in [-0.2, -0.15) is 0 Å². The smallest absolute Gasteiger partial charge is 0.252 e. The number of rotatable bonds is 2. The highest BCUT2D eigenvalue weighted by atomic mass is 35.5. The van der Waals surface area contributed by atoms with Crippen LogP contribution in [0.3, 0.4) is 0 Å². The summed E-state index contributed by atoms with van der Waals surface area (Å²) in [5.74, 6) is -0.0660. The molecule has 2 aliphatic rings. The molecule has 4 rings (SSSR count). The van der Waals surface area contributed by atoms with Crippen molar-refractivity contribution in [1.82, 2.24) is 15.2 Å². The number of likely N-dealkylation sites (tertiary alicyclic amines) is 1. The summed E-state index contributed by atoms with van der Waals surface area (Å²) in [4.78, 5) is 28.7. The van der Waals surface area contributed by atoms with Gasteiger partial charge in [-0.1, -0.05) is 17.7 Å². The van der Waals surface area contributed by atoms with E-state index in [1.54, 1.807) is 6.07 Å². The van der Waals surface area contributed by atoms with E-state index in [-0.39, 0.29) is 23.7 Å². The number of halogens is 1. The first-order chi connectivity index (χ1) is 11.5. The molecule has 2 saturated heterocycles. The van der Waals surface area contributed by atoms with E-state index in [2.05, 4.69) is 15.2 Å². The zero-order chi connectivity index (χ0) is 16.7. The molecule has 0 saturated carbocycles. The summed E-state index contributed by atoms with van der Waals surface area (Å²) >= 11 is 5.97. The van der Waals surface area contributed by atoms with Crippen LogP contribution in [0.25, 0.3) is 10.9 Å². The fourth-order valence-electron chi connectivity index (χ4n) is 3.48. The summed E-state index contributed by atoms with van der Waals surface area (Å²) in [5.41, 5.74) is 1.06. The standard InChI is InChI=1S/C17H18ClN3O3/c18-13-2-1-11-5-12(16(23)20-14(11)6-13)7-21-4-3-17(10-21)9-19-15(22)8-24-17/h1-2,5-6H,3-4,7-10H2,(H,19,22)(H,20,23). The third kappa shape index (κ3) is 2.92. The first-order valence-electron chi connectivity index (χ1n) is 7.98. The summed E-state index contributed by atoms with van der Waals surface area (Å²) in [6.45, 7) is 2.77. The molecule has 2 aliphatic heterocycles. The maximum absolute atomic E-state index is 12.3.